The highest BCUT2D eigenvalue weighted by Crippen LogP contribution is 2.21. The number of aryl methyl sites for hydroxylation is 2. The Hall–Kier alpha value is -2.22. The molecule has 0 spiro atoms. The summed E-state index contributed by atoms with van der Waals surface area (Å²) < 4.78 is 39.5. The Balaban J connectivity index is 2.40. The molecule has 6 nitrogen and oxygen atoms in total. The van der Waals surface area contributed by atoms with E-state index in [0.29, 0.717) is 11.4 Å². The van der Waals surface area contributed by atoms with Gasteiger partial charge in [0.05, 0.1) is 5.69 Å². The van der Waals surface area contributed by atoms with E-state index in [4.69, 9.17) is 5.73 Å². The van der Waals surface area contributed by atoms with Crippen molar-refractivity contribution in [3.63, 3.8) is 0 Å². The Labute approximate surface area is 115 Å². The van der Waals surface area contributed by atoms with Gasteiger partial charge >= 0.3 is 0 Å². The Kier molecular flexibility index (Phi) is 3.58. The summed E-state index contributed by atoms with van der Waals surface area (Å²) in [6.45, 7) is 3.44. The molecule has 0 fully saturated rings. The number of nitrogens with two attached hydrogens (primary N) is 1. The minimum absolute atomic E-state index is 0.0498. The number of nitrogens with zero attached hydrogens (tertiary/aromatic N) is 2. The van der Waals surface area contributed by atoms with Crippen molar-refractivity contribution in [3.8, 4) is 0 Å². The number of hydrogen-bond donors (Lipinski definition) is 2. The molecule has 0 aliphatic heterocycles. The van der Waals surface area contributed by atoms with E-state index < -0.39 is 15.8 Å². The minimum Gasteiger partial charge on any atom is -0.398 e. The quantitative estimate of drug-likeness (QED) is 0.839. The second-order valence-electron chi connectivity index (χ2n) is 4.26. The van der Waals surface area contributed by atoms with Crippen LogP contribution in [0.4, 0.5) is 16.0 Å². The lowest BCUT2D eigenvalue weighted by molar-refractivity contribution is 0.600. The first-order valence-electron chi connectivity index (χ1n) is 5.68. The normalized spacial score (nSPS) is 11.3. The smallest absolute Gasteiger partial charge is 0.266 e. The van der Waals surface area contributed by atoms with Crippen LogP contribution in [0, 0.1) is 19.7 Å². The zero-order valence-electron chi connectivity index (χ0n) is 10.9. The van der Waals surface area contributed by atoms with E-state index in [2.05, 4.69) is 14.7 Å². The van der Waals surface area contributed by atoms with Gasteiger partial charge in [0.1, 0.15) is 10.7 Å². The monoisotopic (exact) mass is 296 g/mol. The zero-order valence-corrected chi connectivity index (χ0v) is 11.7. The van der Waals surface area contributed by atoms with E-state index in [9.17, 15) is 12.8 Å². The third-order valence-electron chi connectivity index (χ3n) is 2.47. The van der Waals surface area contributed by atoms with Crippen LogP contribution >= 0.6 is 0 Å². The van der Waals surface area contributed by atoms with Crippen LogP contribution < -0.4 is 10.5 Å². The summed E-state index contributed by atoms with van der Waals surface area (Å²) >= 11 is 0. The SMILES string of the molecule is Cc1cc(C)nc(NS(=O)(=O)c2ccc(F)cc2N)n1. The van der Waals surface area contributed by atoms with E-state index in [1.807, 2.05) is 0 Å². The van der Waals surface area contributed by atoms with Crippen LogP contribution in [-0.2, 0) is 10.0 Å². The van der Waals surface area contributed by atoms with Gasteiger partial charge < -0.3 is 5.73 Å². The number of rotatable bonds is 3. The highest BCUT2D eigenvalue weighted by atomic mass is 32.2. The number of hydrogen-bond acceptors (Lipinski definition) is 5. The first-order valence-corrected chi connectivity index (χ1v) is 7.16. The highest BCUT2D eigenvalue weighted by molar-refractivity contribution is 7.92. The maximum absolute atomic E-state index is 12.9. The molecule has 0 amide bonds. The number of nitrogen functional groups attached to an aromatic ring is 1. The molecule has 3 N–H and O–H groups in total. The van der Waals surface area contributed by atoms with Gasteiger partial charge in [-0.05, 0) is 38.1 Å². The van der Waals surface area contributed by atoms with E-state index in [-0.39, 0.29) is 16.5 Å². The van der Waals surface area contributed by atoms with Crippen LogP contribution in [0.5, 0.6) is 0 Å². The first-order chi connectivity index (χ1) is 9.28. The summed E-state index contributed by atoms with van der Waals surface area (Å²) in [6, 6.07) is 4.77. The van der Waals surface area contributed by atoms with Crippen molar-refractivity contribution >= 4 is 21.7 Å². The first kappa shape index (κ1) is 14.2. The summed E-state index contributed by atoms with van der Waals surface area (Å²) in [4.78, 5) is 7.73. The molecule has 2 rings (SSSR count). The standard InChI is InChI=1S/C12H13FN4O2S/c1-7-5-8(2)16-12(15-7)17-20(18,19)11-4-3-9(13)6-10(11)14/h3-6H,14H2,1-2H3,(H,15,16,17). The van der Waals surface area contributed by atoms with Crippen LogP contribution in [0.15, 0.2) is 29.2 Å². The summed E-state index contributed by atoms with van der Waals surface area (Å²) in [5.41, 5.74) is 6.60. The molecule has 0 atom stereocenters. The number of nitrogens with one attached hydrogen (secondary N) is 1. The van der Waals surface area contributed by atoms with E-state index in [1.54, 1.807) is 19.9 Å². The fraction of sp³-hybridized carbons (Fsp3) is 0.167. The Morgan fingerprint density at radius 1 is 1.15 bits per heavy atom. The van der Waals surface area contributed by atoms with Gasteiger partial charge in [0.15, 0.2) is 0 Å². The van der Waals surface area contributed by atoms with Gasteiger partial charge in [-0.1, -0.05) is 0 Å². The number of halogens is 1. The Morgan fingerprint density at radius 2 is 1.75 bits per heavy atom. The molecular formula is C12H13FN4O2S. The summed E-state index contributed by atoms with van der Waals surface area (Å²) in [5.74, 6) is -0.657. The van der Waals surface area contributed by atoms with Crippen molar-refractivity contribution in [2.75, 3.05) is 10.5 Å². The average Bonchev–Trinajstić information content (AvgIpc) is 2.25. The molecular weight excluding hydrogens is 283 g/mol. The maximum Gasteiger partial charge on any atom is 0.266 e. The lowest BCUT2D eigenvalue weighted by Gasteiger charge is -2.09. The van der Waals surface area contributed by atoms with Crippen molar-refractivity contribution in [1.82, 2.24) is 9.97 Å². The fourth-order valence-corrected chi connectivity index (χ4v) is 2.77. The molecule has 106 valence electrons. The van der Waals surface area contributed by atoms with Crippen molar-refractivity contribution in [1.29, 1.82) is 0 Å². The van der Waals surface area contributed by atoms with Crippen molar-refractivity contribution in [2.24, 2.45) is 0 Å². The predicted molar refractivity (Wildman–Crippen MR) is 73.1 cm³/mol. The molecule has 0 radical (unpaired) electrons. The van der Waals surface area contributed by atoms with Crippen molar-refractivity contribution < 1.29 is 12.8 Å². The van der Waals surface area contributed by atoms with Crippen molar-refractivity contribution in [3.05, 3.63) is 41.5 Å². The van der Waals surface area contributed by atoms with Gasteiger partial charge in [0, 0.05) is 11.4 Å². The van der Waals surface area contributed by atoms with Gasteiger partial charge in [-0.25, -0.2) is 27.5 Å². The van der Waals surface area contributed by atoms with Crippen LogP contribution in [0.1, 0.15) is 11.4 Å². The molecule has 0 aliphatic rings. The summed E-state index contributed by atoms with van der Waals surface area (Å²) in [6.07, 6.45) is 0. The van der Waals surface area contributed by atoms with Gasteiger partial charge in [0.25, 0.3) is 10.0 Å². The molecule has 0 saturated heterocycles. The van der Waals surface area contributed by atoms with E-state index >= 15 is 0 Å². The third kappa shape index (κ3) is 3.02. The molecule has 1 aromatic carbocycles. The molecule has 0 bridgehead atoms. The molecule has 2 aromatic rings. The maximum atomic E-state index is 12.9. The van der Waals surface area contributed by atoms with Crippen LogP contribution in [0.3, 0.4) is 0 Å². The molecule has 0 aliphatic carbocycles. The molecule has 0 unspecified atom stereocenters. The number of aromatic nitrogens is 2. The lowest BCUT2D eigenvalue weighted by Crippen LogP contribution is -2.17. The van der Waals surface area contributed by atoms with Crippen LogP contribution in [0.25, 0.3) is 0 Å². The average molecular weight is 296 g/mol. The topological polar surface area (TPSA) is 98.0 Å². The zero-order chi connectivity index (χ0) is 14.9. The van der Waals surface area contributed by atoms with E-state index in [1.165, 1.54) is 0 Å². The fourth-order valence-electron chi connectivity index (χ4n) is 1.71. The van der Waals surface area contributed by atoms with Crippen LogP contribution in [-0.4, -0.2) is 18.4 Å². The molecule has 1 heterocycles. The summed E-state index contributed by atoms with van der Waals surface area (Å²) in [7, 11) is -3.96. The largest absolute Gasteiger partial charge is 0.398 e. The van der Waals surface area contributed by atoms with Gasteiger partial charge in [0.2, 0.25) is 5.95 Å². The molecule has 0 saturated carbocycles. The minimum atomic E-state index is -3.96. The van der Waals surface area contributed by atoms with Gasteiger partial charge in [-0.15, -0.1) is 0 Å². The van der Waals surface area contributed by atoms with Gasteiger partial charge in [-0.3, -0.25) is 0 Å². The van der Waals surface area contributed by atoms with Gasteiger partial charge in [-0.2, -0.15) is 0 Å². The Morgan fingerprint density at radius 3 is 2.30 bits per heavy atom. The highest BCUT2D eigenvalue weighted by Gasteiger charge is 2.19. The van der Waals surface area contributed by atoms with Crippen molar-refractivity contribution in [2.45, 2.75) is 18.7 Å². The predicted octanol–water partition coefficient (Wildman–Crippen LogP) is 1.62. The lowest BCUT2D eigenvalue weighted by atomic mass is 10.3. The number of anilines is 2. The van der Waals surface area contributed by atoms with Crippen LogP contribution in [0.2, 0.25) is 0 Å². The molecule has 20 heavy (non-hydrogen) atoms. The van der Waals surface area contributed by atoms with E-state index in [0.717, 1.165) is 18.2 Å². The molecule has 8 heteroatoms. The third-order valence-corrected chi connectivity index (χ3v) is 3.87. The molecule has 1 aromatic heterocycles. The second kappa shape index (κ2) is 5.04. The second-order valence-corrected chi connectivity index (χ2v) is 5.91. The summed E-state index contributed by atoms with van der Waals surface area (Å²) in [5, 5.41) is 0. The number of benzene rings is 1. The number of sulfonamides is 1. The Bertz CT molecular complexity index is 742.